The van der Waals surface area contributed by atoms with E-state index >= 15 is 0 Å². The lowest BCUT2D eigenvalue weighted by Crippen LogP contribution is -2.43. The summed E-state index contributed by atoms with van der Waals surface area (Å²) in [5, 5.41) is 11.0. The van der Waals surface area contributed by atoms with Gasteiger partial charge in [-0.05, 0) is 23.3 Å². The van der Waals surface area contributed by atoms with Gasteiger partial charge in [0.2, 0.25) is 5.96 Å². The van der Waals surface area contributed by atoms with Crippen molar-refractivity contribution in [3.05, 3.63) is 106 Å². The van der Waals surface area contributed by atoms with Crippen LogP contribution in [0.4, 0.5) is 5.69 Å². The van der Waals surface area contributed by atoms with Crippen molar-refractivity contribution in [1.82, 2.24) is 9.21 Å². The Morgan fingerprint density at radius 2 is 1.41 bits per heavy atom. The number of aliphatic imine (C=N–C) groups is 1. The van der Waals surface area contributed by atoms with Gasteiger partial charge >= 0.3 is 0 Å². The van der Waals surface area contributed by atoms with Gasteiger partial charge in [0.1, 0.15) is 5.54 Å². The van der Waals surface area contributed by atoms with Crippen LogP contribution in [0.25, 0.3) is 0 Å². The maximum atomic E-state index is 13.6. The van der Waals surface area contributed by atoms with E-state index in [9.17, 15) is 18.5 Å². The Labute approximate surface area is 186 Å². The fourth-order valence-electron chi connectivity index (χ4n) is 3.83. The molecule has 8 nitrogen and oxygen atoms in total. The van der Waals surface area contributed by atoms with Gasteiger partial charge in [0.05, 0.1) is 16.4 Å². The minimum absolute atomic E-state index is 0.0328. The average molecular weight is 451 g/mol. The van der Waals surface area contributed by atoms with Crippen LogP contribution in [0.1, 0.15) is 11.1 Å². The van der Waals surface area contributed by atoms with Gasteiger partial charge in [-0.1, -0.05) is 60.7 Å². The van der Waals surface area contributed by atoms with Crippen LogP contribution >= 0.6 is 0 Å². The third-order valence-corrected chi connectivity index (χ3v) is 7.17. The summed E-state index contributed by atoms with van der Waals surface area (Å²) in [6.07, 6.45) is 0. The van der Waals surface area contributed by atoms with Crippen LogP contribution in [0.5, 0.6) is 0 Å². The number of hydrogen-bond acceptors (Lipinski definition) is 6. The molecule has 0 saturated carbocycles. The van der Waals surface area contributed by atoms with E-state index in [-0.39, 0.29) is 23.1 Å². The molecule has 1 aliphatic heterocycles. The Morgan fingerprint density at radius 1 is 0.906 bits per heavy atom. The summed E-state index contributed by atoms with van der Waals surface area (Å²) >= 11 is 0. The van der Waals surface area contributed by atoms with Crippen molar-refractivity contribution in [2.75, 3.05) is 20.6 Å². The number of benzene rings is 3. The molecule has 3 aromatic carbocycles. The lowest BCUT2D eigenvalue weighted by Gasteiger charge is -2.29. The zero-order valence-electron chi connectivity index (χ0n) is 17.6. The van der Waals surface area contributed by atoms with Crippen molar-refractivity contribution in [3.63, 3.8) is 0 Å². The molecular weight excluding hydrogens is 428 g/mol. The molecule has 0 aromatic heterocycles. The minimum Gasteiger partial charge on any atom is -0.348 e. The quantitative estimate of drug-likeness (QED) is 0.438. The molecule has 1 aliphatic rings. The second-order valence-electron chi connectivity index (χ2n) is 7.66. The molecule has 0 aliphatic carbocycles. The van der Waals surface area contributed by atoms with Gasteiger partial charge in [-0.15, -0.1) is 0 Å². The van der Waals surface area contributed by atoms with Crippen LogP contribution in [-0.2, 0) is 15.6 Å². The van der Waals surface area contributed by atoms with Gasteiger partial charge in [0.15, 0.2) is 0 Å². The summed E-state index contributed by atoms with van der Waals surface area (Å²) in [6, 6.07) is 24.0. The molecule has 0 unspecified atom stereocenters. The molecule has 0 atom stereocenters. The molecule has 4 rings (SSSR count). The normalized spacial score (nSPS) is 15.3. The fraction of sp³-hybridized carbons (Fsp3) is 0.174. The Kier molecular flexibility index (Phi) is 5.43. The standard InChI is InChI=1S/C23H22N4O4S/c1-25(2)22-24-23(18-9-5-3-6-10-18,19-11-7-4-8-12-19)17-26(22)32(30,31)21-15-13-20(14-16-21)27(28)29/h3-16H,17H2,1-2H3. The number of nitro benzene ring substituents is 1. The summed E-state index contributed by atoms with van der Waals surface area (Å²) in [4.78, 5) is 17.0. The summed E-state index contributed by atoms with van der Waals surface area (Å²) in [5.41, 5.74) is 0.629. The van der Waals surface area contributed by atoms with E-state index in [0.29, 0.717) is 0 Å². The second kappa shape index (κ2) is 8.08. The number of guanidine groups is 1. The third-order valence-electron chi connectivity index (χ3n) is 5.42. The largest absolute Gasteiger partial charge is 0.348 e. The molecule has 0 spiro atoms. The third kappa shape index (κ3) is 3.60. The first kappa shape index (κ1) is 21.5. The molecule has 0 saturated heterocycles. The Bertz CT molecular complexity index is 1220. The number of hydrogen-bond donors (Lipinski definition) is 0. The molecule has 0 bridgehead atoms. The Balaban J connectivity index is 1.86. The van der Waals surface area contributed by atoms with E-state index < -0.39 is 20.5 Å². The van der Waals surface area contributed by atoms with E-state index in [1.807, 2.05) is 60.7 Å². The van der Waals surface area contributed by atoms with Crippen LogP contribution in [0.15, 0.2) is 94.8 Å². The predicted octanol–water partition coefficient (Wildman–Crippen LogP) is 3.46. The first-order valence-corrected chi connectivity index (χ1v) is 11.4. The van der Waals surface area contributed by atoms with Crippen molar-refractivity contribution < 1.29 is 13.3 Å². The Hall–Kier alpha value is -3.72. The number of nitrogens with zero attached hydrogens (tertiary/aromatic N) is 4. The van der Waals surface area contributed by atoms with Crippen molar-refractivity contribution in [3.8, 4) is 0 Å². The van der Waals surface area contributed by atoms with E-state index in [2.05, 4.69) is 0 Å². The zero-order valence-corrected chi connectivity index (χ0v) is 18.4. The number of nitro groups is 1. The summed E-state index contributed by atoms with van der Waals surface area (Å²) < 4.78 is 28.5. The van der Waals surface area contributed by atoms with Gasteiger partial charge < -0.3 is 4.90 Å². The topological polar surface area (TPSA) is 96.1 Å². The van der Waals surface area contributed by atoms with Gasteiger partial charge in [0, 0.05) is 26.2 Å². The fourth-order valence-corrected chi connectivity index (χ4v) is 5.34. The molecule has 1 heterocycles. The van der Waals surface area contributed by atoms with Gasteiger partial charge in [-0.2, -0.15) is 0 Å². The number of rotatable bonds is 5. The second-order valence-corrected chi connectivity index (χ2v) is 9.52. The number of sulfonamides is 1. The molecular formula is C23H22N4O4S. The van der Waals surface area contributed by atoms with Crippen molar-refractivity contribution in [2.24, 2.45) is 4.99 Å². The van der Waals surface area contributed by atoms with Crippen LogP contribution < -0.4 is 0 Å². The van der Waals surface area contributed by atoms with E-state index in [4.69, 9.17) is 4.99 Å². The van der Waals surface area contributed by atoms with Gasteiger partial charge in [0.25, 0.3) is 15.7 Å². The maximum Gasteiger partial charge on any atom is 0.269 e. The van der Waals surface area contributed by atoms with E-state index in [1.165, 1.54) is 28.6 Å². The van der Waals surface area contributed by atoms with Crippen molar-refractivity contribution in [2.45, 2.75) is 10.4 Å². The molecule has 0 fully saturated rings. The van der Waals surface area contributed by atoms with Crippen LogP contribution in [0.2, 0.25) is 0 Å². The van der Waals surface area contributed by atoms with Crippen LogP contribution in [0.3, 0.4) is 0 Å². The Morgan fingerprint density at radius 3 is 1.84 bits per heavy atom. The smallest absolute Gasteiger partial charge is 0.269 e. The highest BCUT2D eigenvalue weighted by atomic mass is 32.2. The molecule has 0 N–H and O–H groups in total. The summed E-state index contributed by atoms with van der Waals surface area (Å²) in [6.45, 7) is 0.0634. The molecule has 164 valence electrons. The maximum absolute atomic E-state index is 13.6. The predicted molar refractivity (Wildman–Crippen MR) is 122 cm³/mol. The zero-order chi connectivity index (χ0) is 22.9. The molecule has 9 heteroatoms. The summed E-state index contributed by atoms with van der Waals surface area (Å²) in [5.74, 6) is 0.288. The van der Waals surface area contributed by atoms with Crippen molar-refractivity contribution >= 4 is 21.7 Å². The molecule has 3 aromatic rings. The van der Waals surface area contributed by atoms with Crippen LogP contribution in [0, 0.1) is 10.1 Å². The lowest BCUT2D eigenvalue weighted by atomic mass is 9.84. The highest BCUT2D eigenvalue weighted by Gasteiger charge is 2.47. The molecule has 32 heavy (non-hydrogen) atoms. The SMILES string of the molecule is CN(C)C1=NC(c2ccccc2)(c2ccccc2)CN1S(=O)(=O)c1ccc([N+](=O)[O-])cc1. The minimum atomic E-state index is -4.02. The molecule has 0 amide bonds. The summed E-state index contributed by atoms with van der Waals surface area (Å²) in [7, 11) is -0.545. The van der Waals surface area contributed by atoms with E-state index in [0.717, 1.165) is 11.1 Å². The average Bonchev–Trinajstić information content (AvgIpc) is 3.24. The monoisotopic (exact) mass is 450 g/mol. The first-order valence-electron chi connectivity index (χ1n) is 9.91. The molecule has 0 radical (unpaired) electrons. The van der Waals surface area contributed by atoms with Gasteiger partial charge in [-0.3, -0.25) is 10.1 Å². The van der Waals surface area contributed by atoms with Crippen LogP contribution in [-0.4, -0.2) is 49.1 Å². The van der Waals surface area contributed by atoms with Gasteiger partial charge in [-0.25, -0.2) is 17.7 Å². The highest BCUT2D eigenvalue weighted by Crippen LogP contribution is 2.41. The first-order chi connectivity index (χ1) is 15.3. The highest BCUT2D eigenvalue weighted by molar-refractivity contribution is 7.89. The lowest BCUT2D eigenvalue weighted by molar-refractivity contribution is -0.384. The van der Waals surface area contributed by atoms with E-state index in [1.54, 1.807) is 19.0 Å². The van der Waals surface area contributed by atoms with Crippen molar-refractivity contribution in [1.29, 1.82) is 0 Å². The number of non-ortho nitro benzene ring substituents is 1.